The van der Waals surface area contributed by atoms with Gasteiger partial charge in [0.2, 0.25) is 0 Å². The van der Waals surface area contributed by atoms with E-state index in [0.29, 0.717) is 5.92 Å². The van der Waals surface area contributed by atoms with Gasteiger partial charge in [0.15, 0.2) is 0 Å². The third kappa shape index (κ3) is 2.72. The Morgan fingerprint density at radius 2 is 1.78 bits per heavy atom. The van der Waals surface area contributed by atoms with Crippen LogP contribution in [0.15, 0.2) is 72.9 Å². The van der Waals surface area contributed by atoms with Crippen molar-refractivity contribution >= 4 is 0 Å². The van der Waals surface area contributed by atoms with Crippen LogP contribution >= 0.6 is 0 Å². The van der Waals surface area contributed by atoms with Crippen LogP contribution in [0, 0.1) is 6.92 Å². The van der Waals surface area contributed by atoms with E-state index >= 15 is 0 Å². The lowest BCUT2D eigenvalue weighted by Crippen LogP contribution is -2.20. The number of aromatic nitrogens is 1. The lowest BCUT2D eigenvalue weighted by Gasteiger charge is -2.32. The summed E-state index contributed by atoms with van der Waals surface area (Å²) in [6.07, 6.45) is 2.75. The number of ether oxygens (including phenoxy) is 1. The fourth-order valence-electron chi connectivity index (χ4n) is 3.34. The highest BCUT2D eigenvalue weighted by molar-refractivity contribution is 5.46. The first-order valence-electron chi connectivity index (χ1n) is 8.04. The number of nitrogens with zero attached hydrogens (tertiary/aromatic N) is 1. The molecule has 2 aromatic carbocycles. The number of fused-ring (bicyclic) bond motifs is 1. The van der Waals surface area contributed by atoms with Crippen molar-refractivity contribution in [2.75, 3.05) is 0 Å². The summed E-state index contributed by atoms with van der Waals surface area (Å²) in [5, 5.41) is 0. The molecule has 2 nitrogen and oxygen atoms in total. The zero-order chi connectivity index (χ0) is 15.6. The first-order valence-corrected chi connectivity index (χ1v) is 8.04. The minimum absolute atomic E-state index is 0.00314. The molecule has 2 atom stereocenters. The van der Waals surface area contributed by atoms with E-state index < -0.39 is 0 Å². The molecule has 2 heterocycles. The van der Waals surface area contributed by atoms with E-state index in [1.54, 1.807) is 0 Å². The highest BCUT2D eigenvalue weighted by Gasteiger charge is 2.30. The molecule has 0 N–H and O–H groups in total. The minimum Gasteiger partial charge on any atom is -0.484 e. The van der Waals surface area contributed by atoms with Crippen molar-refractivity contribution in [3.8, 4) is 5.75 Å². The molecular weight excluding hydrogens is 282 g/mol. The predicted octanol–water partition coefficient (Wildman–Crippen LogP) is 5.05. The maximum Gasteiger partial charge on any atom is 0.141 e. The molecule has 114 valence electrons. The van der Waals surface area contributed by atoms with Gasteiger partial charge in [-0.1, -0.05) is 54.1 Å². The van der Waals surface area contributed by atoms with Gasteiger partial charge in [0.25, 0.3) is 0 Å². The first-order chi connectivity index (χ1) is 11.3. The van der Waals surface area contributed by atoms with Crippen LogP contribution in [0.2, 0.25) is 0 Å². The Balaban J connectivity index is 1.79. The molecule has 1 aromatic heterocycles. The van der Waals surface area contributed by atoms with Gasteiger partial charge in [0.05, 0.1) is 5.69 Å². The van der Waals surface area contributed by atoms with Crippen LogP contribution in [-0.4, -0.2) is 4.98 Å². The lowest BCUT2D eigenvalue weighted by atomic mass is 9.83. The number of rotatable bonds is 2. The zero-order valence-electron chi connectivity index (χ0n) is 13.1. The number of hydrogen-bond donors (Lipinski definition) is 0. The Labute approximate surface area is 136 Å². The summed E-state index contributed by atoms with van der Waals surface area (Å²) in [6.45, 7) is 2.13. The topological polar surface area (TPSA) is 22.1 Å². The average molecular weight is 301 g/mol. The van der Waals surface area contributed by atoms with Crippen molar-refractivity contribution in [1.82, 2.24) is 4.98 Å². The van der Waals surface area contributed by atoms with Crippen LogP contribution in [0.3, 0.4) is 0 Å². The fraction of sp³-hybridized carbons (Fsp3) is 0.190. The van der Waals surface area contributed by atoms with Crippen LogP contribution in [0.4, 0.5) is 0 Å². The first kappa shape index (κ1) is 14.0. The van der Waals surface area contributed by atoms with Gasteiger partial charge in [0, 0.05) is 24.1 Å². The maximum absolute atomic E-state index is 6.26. The Morgan fingerprint density at radius 3 is 2.57 bits per heavy atom. The summed E-state index contributed by atoms with van der Waals surface area (Å²) in [5.74, 6) is 1.32. The number of aryl methyl sites for hydroxylation is 1. The number of hydrogen-bond acceptors (Lipinski definition) is 2. The SMILES string of the molecule is Cc1ccc2c(c1)[C@@H](c1ccccc1)C[C@H](c1ccccn1)O2. The summed E-state index contributed by atoms with van der Waals surface area (Å²) >= 11 is 0. The minimum atomic E-state index is -0.00314. The van der Waals surface area contributed by atoms with Gasteiger partial charge in [-0.25, -0.2) is 0 Å². The molecule has 0 aliphatic carbocycles. The van der Waals surface area contributed by atoms with Crippen molar-refractivity contribution in [3.05, 3.63) is 95.3 Å². The van der Waals surface area contributed by atoms with Crippen molar-refractivity contribution in [2.45, 2.75) is 25.4 Å². The Kier molecular flexibility index (Phi) is 3.58. The highest BCUT2D eigenvalue weighted by atomic mass is 16.5. The number of pyridine rings is 1. The van der Waals surface area contributed by atoms with E-state index in [4.69, 9.17) is 4.74 Å². The van der Waals surface area contributed by atoms with Crippen molar-refractivity contribution in [3.63, 3.8) is 0 Å². The molecule has 0 radical (unpaired) electrons. The van der Waals surface area contributed by atoms with Crippen molar-refractivity contribution in [1.29, 1.82) is 0 Å². The summed E-state index contributed by atoms with van der Waals surface area (Å²) in [5.41, 5.74) is 4.89. The molecule has 23 heavy (non-hydrogen) atoms. The van der Waals surface area contributed by atoms with Crippen LogP contribution in [0.1, 0.15) is 40.8 Å². The van der Waals surface area contributed by atoms with E-state index in [9.17, 15) is 0 Å². The molecule has 3 aromatic rings. The molecule has 0 bridgehead atoms. The third-order valence-corrected chi connectivity index (χ3v) is 4.48. The molecule has 0 spiro atoms. The largest absolute Gasteiger partial charge is 0.484 e. The second-order valence-electron chi connectivity index (χ2n) is 6.10. The van der Waals surface area contributed by atoms with Gasteiger partial charge in [-0.15, -0.1) is 0 Å². The summed E-state index contributed by atoms with van der Waals surface area (Å²) < 4.78 is 6.26. The molecular formula is C21H19NO. The molecule has 1 aliphatic heterocycles. The fourth-order valence-corrected chi connectivity index (χ4v) is 3.34. The maximum atomic E-state index is 6.26. The summed E-state index contributed by atoms with van der Waals surface area (Å²) in [7, 11) is 0. The normalized spacial score (nSPS) is 19.7. The smallest absolute Gasteiger partial charge is 0.141 e. The van der Waals surface area contributed by atoms with Gasteiger partial charge < -0.3 is 4.74 Å². The second kappa shape index (κ2) is 5.88. The van der Waals surface area contributed by atoms with Crippen molar-refractivity contribution in [2.24, 2.45) is 0 Å². The van der Waals surface area contributed by atoms with E-state index in [-0.39, 0.29) is 6.10 Å². The van der Waals surface area contributed by atoms with Crippen molar-refractivity contribution < 1.29 is 4.74 Å². The van der Waals surface area contributed by atoms with Crippen LogP contribution in [0.5, 0.6) is 5.75 Å². The average Bonchev–Trinajstić information content (AvgIpc) is 2.62. The molecule has 0 saturated carbocycles. The highest BCUT2D eigenvalue weighted by Crippen LogP contribution is 2.45. The standard InChI is InChI=1S/C21H19NO/c1-15-10-11-20-18(13-15)17(16-7-3-2-4-8-16)14-21(23-20)19-9-5-6-12-22-19/h2-13,17,21H,14H2,1H3/t17-,21-/m1/s1. The number of benzene rings is 2. The Hall–Kier alpha value is -2.61. The van der Waals surface area contributed by atoms with Crippen LogP contribution in [-0.2, 0) is 0 Å². The van der Waals surface area contributed by atoms with E-state index in [1.807, 2.05) is 24.4 Å². The molecule has 0 amide bonds. The van der Waals surface area contributed by atoms with E-state index in [1.165, 1.54) is 16.7 Å². The van der Waals surface area contributed by atoms with Gasteiger partial charge in [-0.3, -0.25) is 4.98 Å². The van der Waals surface area contributed by atoms with Gasteiger partial charge in [0.1, 0.15) is 11.9 Å². The van der Waals surface area contributed by atoms with E-state index in [2.05, 4.69) is 60.4 Å². The molecule has 0 saturated heterocycles. The molecule has 1 aliphatic rings. The molecule has 4 rings (SSSR count). The Morgan fingerprint density at radius 1 is 0.957 bits per heavy atom. The molecule has 0 unspecified atom stereocenters. The molecule has 2 heteroatoms. The van der Waals surface area contributed by atoms with Crippen LogP contribution in [0.25, 0.3) is 0 Å². The van der Waals surface area contributed by atoms with E-state index in [0.717, 1.165) is 17.9 Å². The van der Waals surface area contributed by atoms with Crippen LogP contribution < -0.4 is 4.74 Å². The monoisotopic (exact) mass is 301 g/mol. The second-order valence-corrected chi connectivity index (χ2v) is 6.10. The van der Waals surface area contributed by atoms with Gasteiger partial charge in [-0.2, -0.15) is 0 Å². The van der Waals surface area contributed by atoms with Gasteiger partial charge >= 0.3 is 0 Å². The predicted molar refractivity (Wildman–Crippen MR) is 91.7 cm³/mol. The van der Waals surface area contributed by atoms with Gasteiger partial charge in [-0.05, 0) is 30.7 Å². The quantitative estimate of drug-likeness (QED) is 0.661. The summed E-state index contributed by atoms with van der Waals surface area (Å²) in [6, 6.07) is 23.2. The lowest BCUT2D eigenvalue weighted by molar-refractivity contribution is 0.163. The Bertz CT molecular complexity index is 799. The zero-order valence-corrected chi connectivity index (χ0v) is 13.1. The third-order valence-electron chi connectivity index (χ3n) is 4.48. The summed E-state index contributed by atoms with van der Waals surface area (Å²) in [4.78, 5) is 4.50. The molecule has 0 fully saturated rings.